The maximum Gasteiger partial charge on any atom is 0.330 e. The summed E-state index contributed by atoms with van der Waals surface area (Å²) in [7, 11) is 0. The number of amides is 4. The molecule has 1 aliphatic heterocycles. The van der Waals surface area contributed by atoms with Gasteiger partial charge in [-0.2, -0.15) is 0 Å². The number of hydrogen-bond acceptors (Lipinski definition) is 3. The van der Waals surface area contributed by atoms with Gasteiger partial charge in [0, 0.05) is 6.54 Å². The fourth-order valence-corrected chi connectivity index (χ4v) is 3.04. The molecule has 1 atom stereocenters. The molecule has 0 radical (unpaired) electrons. The van der Waals surface area contributed by atoms with Gasteiger partial charge in [0.1, 0.15) is 5.92 Å². The van der Waals surface area contributed by atoms with E-state index in [4.69, 9.17) is 0 Å². The molecule has 1 unspecified atom stereocenters. The average molecular weight is 250 g/mol. The van der Waals surface area contributed by atoms with Crippen LogP contribution in [0.3, 0.4) is 0 Å². The normalized spacial score (nSPS) is 30.4. The van der Waals surface area contributed by atoms with E-state index in [0.29, 0.717) is 18.9 Å². The topological polar surface area (TPSA) is 66.5 Å². The van der Waals surface area contributed by atoms with Crippen LogP contribution >= 0.6 is 0 Å². The van der Waals surface area contributed by atoms with Crippen molar-refractivity contribution in [1.29, 1.82) is 0 Å². The molecule has 3 fully saturated rings. The quantitative estimate of drug-likeness (QED) is 0.764. The second-order valence-electron chi connectivity index (χ2n) is 5.82. The highest BCUT2D eigenvalue weighted by atomic mass is 16.2. The zero-order valence-electron chi connectivity index (χ0n) is 10.6. The van der Waals surface area contributed by atoms with Crippen LogP contribution in [0.1, 0.15) is 39.0 Å². The third-order valence-electron chi connectivity index (χ3n) is 4.57. The summed E-state index contributed by atoms with van der Waals surface area (Å²) in [5.41, 5.74) is 0.186. The van der Waals surface area contributed by atoms with Crippen LogP contribution in [0.15, 0.2) is 0 Å². The summed E-state index contributed by atoms with van der Waals surface area (Å²) < 4.78 is 0. The van der Waals surface area contributed by atoms with Crippen LogP contribution in [-0.4, -0.2) is 29.3 Å². The first kappa shape index (κ1) is 11.7. The molecule has 5 heteroatoms. The Bertz CT molecular complexity index is 424. The van der Waals surface area contributed by atoms with Gasteiger partial charge in [-0.3, -0.25) is 19.8 Å². The molecule has 0 bridgehead atoms. The minimum Gasteiger partial charge on any atom is -0.277 e. The van der Waals surface area contributed by atoms with E-state index in [0.717, 1.165) is 12.8 Å². The van der Waals surface area contributed by atoms with Gasteiger partial charge in [-0.1, -0.05) is 6.92 Å². The van der Waals surface area contributed by atoms with Gasteiger partial charge in [-0.15, -0.1) is 0 Å². The number of carbonyl (C=O) groups excluding carboxylic acids is 3. The molecule has 0 spiro atoms. The molecular formula is C13H18N2O3. The summed E-state index contributed by atoms with van der Waals surface area (Å²) in [5.74, 6) is -0.744. The van der Waals surface area contributed by atoms with Crippen LogP contribution in [0.5, 0.6) is 0 Å². The van der Waals surface area contributed by atoms with Crippen molar-refractivity contribution in [2.45, 2.75) is 39.0 Å². The van der Waals surface area contributed by atoms with E-state index in [2.05, 4.69) is 5.32 Å². The second-order valence-corrected chi connectivity index (χ2v) is 5.82. The van der Waals surface area contributed by atoms with E-state index in [1.165, 1.54) is 17.7 Å². The predicted octanol–water partition coefficient (Wildman–Crippen LogP) is 1.28. The third-order valence-corrected chi connectivity index (χ3v) is 4.57. The fraction of sp³-hybridized carbons (Fsp3) is 0.769. The molecule has 4 amide bonds. The van der Waals surface area contributed by atoms with Crippen LogP contribution in [0.25, 0.3) is 0 Å². The van der Waals surface area contributed by atoms with E-state index < -0.39 is 17.9 Å². The van der Waals surface area contributed by atoms with Gasteiger partial charge in [-0.05, 0) is 43.4 Å². The number of urea groups is 1. The Morgan fingerprint density at radius 2 is 1.94 bits per heavy atom. The van der Waals surface area contributed by atoms with Gasteiger partial charge in [0.15, 0.2) is 0 Å². The van der Waals surface area contributed by atoms with Gasteiger partial charge in [-0.25, -0.2) is 4.79 Å². The molecule has 0 aromatic rings. The summed E-state index contributed by atoms with van der Waals surface area (Å²) >= 11 is 0. The standard InChI is InChI=1S/C13H18N2O3/c1-2-9-10(16)14-12(18)15(11(9)17)7-13(5-6-13)8-3-4-8/h8-9H,2-7H2,1H3,(H,14,16,18). The number of nitrogens with one attached hydrogen (secondary N) is 1. The second kappa shape index (κ2) is 3.80. The Morgan fingerprint density at radius 1 is 1.28 bits per heavy atom. The summed E-state index contributed by atoms with van der Waals surface area (Å²) in [4.78, 5) is 36.8. The molecular weight excluding hydrogens is 232 g/mol. The van der Waals surface area contributed by atoms with Gasteiger partial charge >= 0.3 is 6.03 Å². The monoisotopic (exact) mass is 250 g/mol. The maximum absolute atomic E-state index is 12.2. The minimum atomic E-state index is -0.683. The van der Waals surface area contributed by atoms with E-state index in [9.17, 15) is 14.4 Å². The first-order chi connectivity index (χ1) is 8.57. The molecule has 5 nitrogen and oxygen atoms in total. The van der Waals surface area contributed by atoms with E-state index in [1.807, 2.05) is 0 Å². The fourth-order valence-electron chi connectivity index (χ4n) is 3.04. The lowest BCUT2D eigenvalue weighted by Crippen LogP contribution is -2.59. The van der Waals surface area contributed by atoms with Gasteiger partial charge in [0.2, 0.25) is 11.8 Å². The lowest BCUT2D eigenvalue weighted by Gasteiger charge is -2.32. The molecule has 98 valence electrons. The molecule has 2 aliphatic carbocycles. The summed E-state index contributed by atoms with van der Waals surface area (Å²) in [6.45, 7) is 2.30. The highest BCUT2D eigenvalue weighted by Crippen LogP contribution is 2.61. The largest absolute Gasteiger partial charge is 0.330 e. The van der Waals surface area contributed by atoms with Crippen molar-refractivity contribution in [2.75, 3.05) is 6.54 Å². The average Bonchev–Trinajstić information content (AvgIpc) is 3.16. The number of barbiturate groups is 1. The highest BCUT2D eigenvalue weighted by Gasteiger charge is 2.56. The van der Waals surface area contributed by atoms with Gasteiger partial charge in [0.05, 0.1) is 0 Å². The number of imide groups is 2. The Hall–Kier alpha value is -1.39. The maximum atomic E-state index is 12.2. The zero-order valence-corrected chi connectivity index (χ0v) is 10.6. The van der Waals surface area contributed by atoms with Crippen molar-refractivity contribution in [3.63, 3.8) is 0 Å². The van der Waals surface area contributed by atoms with Crippen molar-refractivity contribution in [3.8, 4) is 0 Å². The van der Waals surface area contributed by atoms with Gasteiger partial charge in [0.25, 0.3) is 0 Å². The molecule has 1 saturated heterocycles. The highest BCUT2D eigenvalue weighted by molar-refractivity contribution is 6.16. The number of nitrogens with zero attached hydrogens (tertiary/aromatic N) is 1. The SMILES string of the molecule is CCC1C(=O)NC(=O)N(CC2(C3CC3)CC2)C1=O. The Labute approximate surface area is 106 Å². The van der Waals surface area contributed by atoms with Crippen molar-refractivity contribution in [2.24, 2.45) is 17.3 Å². The minimum absolute atomic E-state index is 0.186. The van der Waals surface area contributed by atoms with Gasteiger partial charge < -0.3 is 0 Å². The Morgan fingerprint density at radius 3 is 2.44 bits per heavy atom. The lowest BCUT2D eigenvalue weighted by atomic mass is 9.96. The van der Waals surface area contributed by atoms with Crippen LogP contribution in [0.2, 0.25) is 0 Å². The molecule has 3 rings (SSSR count). The first-order valence-corrected chi connectivity index (χ1v) is 6.73. The van der Waals surface area contributed by atoms with Crippen molar-refractivity contribution in [3.05, 3.63) is 0 Å². The summed E-state index contributed by atoms with van der Waals surface area (Å²) in [6, 6.07) is -0.526. The zero-order chi connectivity index (χ0) is 12.9. The summed E-state index contributed by atoms with van der Waals surface area (Å²) in [5, 5.41) is 2.30. The molecule has 3 aliphatic rings. The molecule has 18 heavy (non-hydrogen) atoms. The van der Waals surface area contributed by atoms with Crippen LogP contribution in [0.4, 0.5) is 4.79 Å². The Balaban J connectivity index is 1.75. The van der Waals surface area contributed by atoms with Crippen LogP contribution in [-0.2, 0) is 9.59 Å². The van der Waals surface area contributed by atoms with Crippen molar-refractivity contribution < 1.29 is 14.4 Å². The van der Waals surface area contributed by atoms with E-state index in [1.54, 1.807) is 6.92 Å². The molecule has 0 aromatic heterocycles. The smallest absolute Gasteiger partial charge is 0.277 e. The first-order valence-electron chi connectivity index (χ1n) is 6.73. The van der Waals surface area contributed by atoms with E-state index in [-0.39, 0.29) is 11.3 Å². The molecule has 2 saturated carbocycles. The van der Waals surface area contributed by atoms with Crippen LogP contribution < -0.4 is 5.32 Å². The number of hydrogen-bond donors (Lipinski definition) is 1. The van der Waals surface area contributed by atoms with Crippen molar-refractivity contribution >= 4 is 17.8 Å². The van der Waals surface area contributed by atoms with Crippen molar-refractivity contribution in [1.82, 2.24) is 10.2 Å². The Kier molecular flexibility index (Phi) is 2.47. The number of rotatable bonds is 4. The molecule has 0 aromatic carbocycles. The predicted molar refractivity (Wildman–Crippen MR) is 63.4 cm³/mol. The molecule has 1 heterocycles. The molecule has 1 N–H and O–H groups in total. The lowest BCUT2D eigenvalue weighted by molar-refractivity contribution is -0.143. The third kappa shape index (κ3) is 1.72. The van der Waals surface area contributed by atoms with Crippen LogP contribution in [0, 0.1) is 17.3 Å². The van der Waals surface area contributed by atoms with E-state index >= 15 is 0 Å². The summed E-state index contributed by atoms with van der Waals surface area (Å²) in [6.07, 6.45) is 5.11. The number of carbonyl (C=O) groups is 3.